The van der Waals surface area contributed by atoms with Gasteiger partial charge in [0.25, 0.3) is 5.91 Å². The largest absolute Gasteiger partial charge is 0.379 e. The van der Waals surface area contributed by atoms with Gasteiger partial charge in [-0.2, -0.15) is 0 Å². The molecule has 0 unspecified atom stereocenters. The summed E-state index contributed by atoms with van der Waals surface area (Å²) in [6.07, 6.45) is 1.72. The standard InChI is InChI=1S/C18H18N4O2S/c23-18(21-14-5-1-3-13-4-2-6-19-17(13)14)15-12-25-16(20-15)11-22-7-9-24-10-8-22/h1-6,12H,7-11H2,(H,21,23). The number of rotatable bonds is 4. The minimum Gasteiger partial charge on any atom is -0.379 e. The van der Waals surface area contributed by atoms with Crippen LogP contribution in [-0.2, 0) is 11.3 Å². The van der Waals surface area contributed by atoms with E-state index in [1.54, 1.807) is 6.20 Å². The van der Waals surface area contributed by atoms with E-state index in [0.717, 1.165) is 48.8 Å². The Hall–Kier alpha value is -2.35. The third-order valence-electron chi connectivity index (χ3n) is 4.13. The second-order valence-corrected chi connectivity index (χ2v) is 6.79. The molecule has 0 bridgehead atoms. The maximum Gasteiger partial charge on any atom is 0.275 e. The van der Waals surface area contributed by atoms with Crippen LogP contribution < -0.4 is 5.32 Å². The summed E-state index contributed by atoms with van der Waals surface area (Å²) >= 11 is 1.52. The number of hydrogen-bond acceptors (Lipinski definition) is 6. The van der Waals surface area contributed by atoms with Crippen molar-refractivity contribution >= 4 is 33.8 Å². The fourth-order valence-electron chi connectivity index (χ4n) is 2.83. The van der Waals surface area contributed by atoms with E-state index in [4.69, 9.17) is 4.74 Å². The highest BCUT2D eigenvalue weighted by Gasteiger charge is 2.16. The lowest BCUT2D eigenvalue weighted by Crippen LogP contribution is -2.35. The van der Waals surface area contributed by atoms with Crippen LogP contribution in [0.3, 0.4) is 0 Å². The Kier molecular flexibility index (Phi) is 4.69. The lowest BCUT2D eigenvalue weighted by atomic mass is 10.2. The minimum atomic E-state index is -0.206. The second-order valence-electron chi connectivity index (χ2n) is 5.85. The summed E-state index contributed by atoms with van der Waals surface area (Å²) < 4.78 is 5.35. The zero-order valence-electron chi connectivity index (χ0n) is 13.6. The predicted octanol–water partition coefficient (Wildman–Crippen LogP) is 2.78. The number of ether oxygens (including phenoxy) is 1. The monoisotopic (exact) mass is 354 g/mol. The number of carbonyl (C=O) groups excluding carboxylic acids is 1. The van der Waals surface area contributed by atoms with Gasteiger partial charge in [0.1, 0.15) is 10.7 Å². The molecule has 1 aromatic carbocycles. The van der Waals surface area contributed by atoms with Crippen molar-refractivity contribution in [1.29, 1.82) is 0 Å². The fourth-order valence-corrected chi connectivity index (χ4v) is 3.65. The second kappa shape index (κ2) is 7.26. The first-order chi connectivity index (χ1) is 12.3. The van der Waals surface area contributed by atoms with Crippen molar-refractivity contribution in [2.24, 2.45) is 0 Å². The molecule has 4 rings (SSSR count). The highest BCUT2D eigenvalue weighted by atomic mass is 32.1. The van der Waals surface area contributed by atoms with Crippen molar-refractivity contribution in [2.45, 2.75) is 6.54 Å². The molecule has 7 heteroatoms. The Morgan fingerprint density at radius 2 is 2.08 bits per heavy atom. The quantitative estimate of drug-likeness (QED) is 0.780. The van der Waals surface area contributed by atoms with E-state index < -0.39 is 0 Å². The van der Waals surface area contributed by atoms with Crippen molar-refractivity contribution in [3.8, 4) is 0 Å². The molecule has 128 valence electrons. The number of pyridine rings is 1. The molecule has 0 aliphatic carbocycles. The van der Waals surface area contributed by atoms with Gasteiger partial charge in [-0.1, -0.05) is 18.2 Å². The van der Waals surface area contributed by atoms with Crippen LogP contribution in [0, 0.1) is 0 Å². The van der Waals surface area contributed by atoms with Gasteiger partial charge in [-0.15, -0.1) is 11.3 Å². The van der Waals surface area contributed by atoms with Crippen LogP contribution in [0.1, 0.15) is 15.5 Å². The maximum absolute atomic E-state index is 12.5. The summed E-state index contributed by atoms with van der Waals surface area (Å²) in [5.74, 6) is -0.206. The SMILES string of the molecule is O=C(Nc1cccc2cccnc12)c1csc(CN2CCOCC2)n1. The Morgan fingerprint density at radius 1 is 1.24 bits per heavy atom. The molecular weight excluding hydrogens is 336 g/mol. The first-order valence-corrected chi connectivity index (χ1v) is 9.07. The van der Waals surface area contributed by atoms with Crippen molar-refractivity contribution in [1.82, 2.24) is 14.9 Å². The first kappa shape index (κ1) is 16.1. The highest BCUT2D eigenvalue weighted by Crippen LogP contribution is 2.22. The number of thiazole rings is 1. The molecule has 0 radical (unpaired) electrons. The van der Waals surface area contributed by atoms with Crippen LogP contribution in [0.2, 0.25) is 0 Å². The zero-order chi connectivity index (χ0) is 17.1. The third kappa shape index (κ3) is 3.68. The van der Waals surface area contributed by atoms with Crippen LogP contribution in [0.25, 0.3) is 10.9 Å². The number of morpholine rings is 1. The maximum atomic E-state index is 12.5. The van der Waals surface area contributed by atoms with E-state index in [-0.39, 0.29) is 5.91 Å². The molecule has 2 aromatic heterocycles. The molecular formula is C18H18N4O2S. The van der Waals surface area contributed by atoms with Gasteiger partial charge in [-0.3, -0.25) is 14.7 Å². The predicted molar refractivity (Wildman–Crippen MR) is 97.9 cm³/mol. The van der Waals surface area contributed by atoms with Gasteiger partial charge in [0.2, 0.25) is 0 Å². The van der Waals surface area contributed by atoms with Crippen molar-refractivity contribution in [3.63, 3.8) is 0 Å². The minimum absolute atomic E-state index is 0.206. The number of fused-ring (bicyclic) bond motifs is 1. The van der Waals surface area contributed by atoms with E-state index in [1.807, 2.05) is 35.7 Å². The lowest BCUT2D eigenvalue weighted by Gasteiger charge is -2.25. The van der Waals surface area contributed by atoms with E-state index in [2.05, 4.69) is 20.2 Å². The molecule has 1 aliphatic heterocycles. The van der Waals surface area contributed by atoms with Gasteiger partial charge < -0.3 is 10.1 Å². The molecule has 0 atom stereocenters. The van der Waals surface area contributed by atoms with Gasteiger partial charge >= 0.3 is 0 Å². The number of nitrogens with zero attached hydrogens (tertiary/aromatic N) is 3. The van der Waals surface area contributed by atoms with Gasteiger partial charge in [-0.05, 0) is 12.1 Å². The summed E-state index contributed by atoms with van der Waals surface area (Å²) in [7, 11) is 0. The summed E-state index contributed by atoms with van der Waals surface area (Å²) in [5, 5.41) is 6.68. The number of anilines is 1. The van der Waals surface area contributed by atoms with Crippen LogP contribution in [0.5, 0.6) is 0 Å². The fraction of sp³-hybridized carbons (Fsp3) is 0.278. The van der Waals surface area contributed by atoms with Gasteiger partial charge in [0.15, 0.2) is 0 Å². The average Bonchev–Trinajstić information content (AvgIpc) is 3.11. The summed E-state index contributed by atoms with van der Waals surface area (Å²) in [5.41, 5.74) is 1.93. The number of amides is 1. The number of aromatic nitrogens is 2. The number of para-hydroxylation sites is 1. The van der Waals surface area contributed by atoms with Crippen LogP contribution in [0.4, 0.5) is 5.69 Å². The summed E-state index contributed by atoms with van der Waals surface area (Å²) in [6.45, 7) is 4.09. The molecule has 1 amide bonds. The van der Waals surface area contributed by atoms with Gasteiger partial charge in [0, 0.05) is 30.1 Å². The number of hydrogen-bond donors (Lipinski definition) is 1. The molecule has 3 aromatic rings. The lowest BCUT2D eigenvalue weighted by molar-refractivity contribution is 0.0341. The number of carbonyl (C=O) groups is 1. The van der Waals surface area contributed by atoms with E-state index >= 15 is 0 Å². The Morgan fingerprint density at radius 3 is 2.96 bits per heavy atom. The third-order valence-corrected chi connectivity index (χ3v) is 4.96. The van der Waals surface area contributed by atoms with Crippen molar-refractivity contribution in [2.75, 3.05) is 31.6 Å². The molecule has 1 fully saturated rings. The molecule has 1 saturated heterocycles. The van der Waals surface area contributed by atoms with Crippen LogP contribution in [-0.4, -0.2) is 47.1 Å². The average molecular weight is 354 g/mol. The molecule has 3 heterocycles. The normalized spacial score (nSPS) is 15.4. The van der Waals surface area contributed by atoms with Crippen LogP contribution >= 0.6 is 11.3 Å². The topological polar surface area (TPSA) is 67.4 Å². The summed E-state index contributed by atoms with van der Waals surface area (Å²) in [6, 6.07) is 9.59. The van der Waals surface area contributed by atoms with Crippen LogP contribution in [0.15, 0.2) is 41.9 Å². The highest BCUT2D eigenvalue weighted by molar-refractivity contribution is 7.09. The summed E-state index contributed by atoms with van der Waals surface area (Å²) in [4.78, 5) is 23.7. The molecule has 25 heavy (non-hydrogen) atoms. The number of nitrogens with one attached hydrogen (secondary N) is 1. The Balaban J connectivity index is 1.47. The Labute approximate surface area is 149 Å². The van der Waals surface area contributed by atoms with Crippen molar-refractivity contribution in [3.05, 3.63) is 52.6 Å². The molecule has 0 spiro atoms. The molecule has 0 saturated carbocycles. The van der Waals surface area contributed by atoms with Gasteiger partial charge in [-0.25, -0.2) is 4.98 Å². The molecule has 6 nitrogen and oxygen atoms in total. The van der Waals surface area contributed by atoms with E-state index in [1.165, 1.54) is 11.3 Å². The zero-order valence-corrected chi connectivity index (χ0v) is 14.5. The van der Waals surface area contributed by atoms with E-state index in [9.17, 15) is 4.79 Å². The number of benzene rings is 1. The molecule has 1 aliphatic rings. The molecule has 1 N–H and O–H groups in total. The smallest absolute Gasteiger partial charge is 0.275 e. The van der Waals surface area contributed by atoms with Gasteiger partial charge in [0.05, 0.1) is 31.0 Å². The Bertz CT molecular complexity index is 884. The van der Waals surface area contributed by atoms with Crippen molar-refractivity contribution < 1.29 is 9.53 Å². The van der Waals surface area contributed by atoms with E-state index in [0.29, 0.717) is 11.4 Å². The first-order valence-electron chi connectivity index (χ1n) is 8.19.